The lowest BCUT2D eigenvalue weighted by molar-refractivity contribution is -0.174. The Hall–Kier alpha value is -1.83. The first-order valence-corrected chi connectivity index (χ1v) is 9.13. The molecule has 1 unspecified atom stereocenters. The summed E-state index contributed by atoms with van der Waals surface area (Å²) in [4.78, 5) is 14.9. The van der Waals surface area contributed by atoms with E-state index in [4.69, 9.17) is 20.9 Å². The Morgan fingerprint density at radius 3 is 2.62 bits per heavy atom. The Morgan fingerprint density at radius 1 is 1.31 bits per heavy atom. The minimum Gasteiger partial charge on any atom is -0.450 e. The lowest BCUT2D eigenvalue weighted by atomic mass is 9.73. The van der Waals surface area contributed by atoms with Crippen molar-refractivity contribution in [1.29, 1.82) is 1.43 Å². The molecule has 0 saturated heterocycles. The third-order valence-corrected chi connectivity index (χ3v) is 4.70. The van der Waals surface area contributed by atoms with Gasteiger partial charge in [-0.2, -0.15) is 0 Å². The van der Waals surface area contributed by atoms with Crippen molar-refractivity contribution in [2.75, 3.05) is 26.2 Å². The highest BCUT2D eigenvalue weighted by atomic mass is 16.5. The maximum Gasteiger partial charge on any atom is 0.344 e. The van der Waals surface area contributed by atoms with Gasteiger partial charge in [0, 0.05) is 5.92 Å². The zero-order valence-corrected chi connectivity index (χ0v) is 15.4. The van der Waals surface area contributed by atoms with Crippen LogP contribution in [0.1, 0.15) is 61.1 Å². The standard InChI is InChI=1S/C22H31NO3/c1-3-23(4-2)17-11-12-18-26-21(24)22(25,19-13-7-5-8-14-19)20-15-9-6-10-16-20/h5,7-8,13-14,20,25H,3-4,6,9-10,15-18H2,1-2H3/i5D,7D,8D,13D,14D,17D2,25D. The van der Waals surface area contributed by atoms with Crippen LogP contribution in [0.4, 0.5) is 0 Å². The van der Waals surface area contributed by atoms with E-state index in [1.54, 1.807) is 13.8 Å². The van der Waals surface area contributed by atoms with Crippen molar-refractivity contribution in [2.24, 2.45) is 5.92 Å². The number of aliphatic hydroxyl groups is 1. The monoisotopic (exact) mass is 365 g/mol. The summed E-state index contributed by atoms with van der Waals surface area (Å²) < 4.78 is 69.9. The van der Waals surface area contributed by atoms with Gasteiger partial charge in [-0.3, -0.25) is 4.90 Å². The van der Waals surface area contributed by atoms with Crippen LogP contribution >= 0.6 is 0 Å². The average molecular weight is 366 g/mol. The van der Waals surface area contributed by atoms with E-state index in [1.807, 2.05) is 0 Å². The first-order valence-electron chi connectivity index (χ1n) is 13.0. The summed E-state index contributed by atoms with van der Waals surface area (Å²) in [7, 11) is 0. The lowest BCUT2D eigenvalue weighted by Crippen LogP contribution is -2.45. The molecule has 0 aromatic heterocycles. The van der Waals surface area contributed by atoms with E-state index in [1.165, 1.54) is 4.90 Å². The first-order chi connectivity index (χ1) is 16.0. The first kappa shape index (κ1) is 11.8. The van der Waals surface area contributed by atoms with Crippen LogP contribution in [0.2, 0.25) is 0 Å². The number of rotatable bonds is 8. The highest BCUT2D eigenvalue weighted by Gasteiger charge is 2.46. The van der Waals surface area contributed by atoms with E-state index in [-0.39, 0.29) is 0 Å². The molecule has 1 aliphatic carbocycles. The predicted molar refractivity (Wildman–Crippen MR) is 103 cm³/mol. The highest BCUT2D eigenvalue weighted by molar-refractivity contribution is 5.81. The fraction of sp³-hybridized carbons (Fsp3) is 0.591. The van der Waals surface area contributed by atoms with Crippen molar-refractivity contribution in [3.63, 3.8) is 0 Å². The van der Waals surface area contributed by atoms with Crippen molar-refractivity contribution in [1.82, 2.24) is 4.90 Å². The molecule has 0 aliphatic heterocycles. The summed E-state index contributed by atoms with van der Waals surface area (Å²) in [6, 6.07) is -3.12. The van der Waals surface area contributed by atoms with Crippen LogP contribution in [0.25, 0.3) is 0 Å². The third kappa shape index (κ3) is 5.09. The van der Waals surface area contributed by atoms with E-state index in [2.05, 4.69) is 11.8 Å². The highest BCUT2D eigenvalue weighted by Crippen LogP contribution is 2.40. The quantitative estimate of drug-likeness (QED) is 0.567. The fourth-order valence-corrected chi connectivity index (χ4v) is 3.16. The summed E-state index contributed by atoms with van der Waals surface area (Å²) in [5.74, 6) is 3.22. The van der Waals surface area contributed by atoms with Gasteiger partial charge in [-0.1, -0.05) is 75.2 Å². The summed E-state index contributed by atoms with van der Waals surface area (Å²) >= 11 is 0. The van der Waals surface area contributed by atoms with Crippen LogP contribution < -0.4 is 0 Å². The molecule has 1 aliphatic rings. The summed E-state index contributed by atoms with van der Waals surface area (Å²) in [5, 5.41) is 4.98. The van der Waals surface area contributed by atoms with Crippen LogP contribution in [-0.2, 0) is 15.1 Å². The van der Waals surface area contributed by atoms with Gasteiger partial charge in [0.05, 0.1) is 16.1 Å². The maximum absolute atomic E-state index is 13.4. The molecule has 4 heteroatoms. The molecule has 0 amide bonds. The Kier molecular flexibility index (Phi) is 4.69. The number of nitrogens with zero attached hydrogens (tertiary/aromatic N) is 1. The Balaban J connectivity index is 2.50. The van der Waals surface area contributed by atoms with Crippen LogP contribution in [0, 0.1) is 17.8 Å². The molecule has 4 nitrogen and oxygen atoms in total. The van der Waals surface area contributed by atoms with Gasteiger partial charge < -0.3 is 9.85 Å². The molecule has 0 radical (unpaired) electrons. The van der Waals surface area contributed by atoms with Crippen molar-refractivity contribution in [3.05, 3.63) is 35.8 Å². The second kappa shape index (κ2) is 10.4. The van der Waals surface area contributed by atoms with Crippen LogP contribution in [0.5, 0.6) is 0 Å². The summed E-state index contributed by atoms with van der Waals surface area (Å²) in [5.41, 5.74) is -2.65. The van der Waals surface area contributed by atoms with Crippen molar-refractivity contribution >= 4 is 5.97 Å². The zero-order chi connectivity index (χ0) is 25.7. The molecule has 2 rings (SSSR count). The molecule has 26 heavy (non-hydrogen) atoms. The van der Waals surface area contributed by atoms with E-state index >= 15 is 0 Å². The molecule has 1 saturated carbocycles. The molecule has 1 atom stereocenters. The van der Waals surface area contributed by atoms with Crippen LogP contribution in [0.3, 0.4) is 0 Å². The number of benzene rings is 1. The fourth-order valence-electron chi connectivity index (χ4n) is 3.16. The SMILES string of the molecule is [2H]OC(C(=O)OCC#CC([2H])([2H])N(CC)CC)(c1c([2H])c([2H])c([2H])c([2H])c1[2H])C1CCCCC1. The van der Waals surface area contributed by atoms with E-state index in [0.29, 0.717) is 25.9 Å². The van der Waals surface area contributed by atoms with Gasteiger partial charge in [-0.25, -0.2) is 4.79 Å². The van der Waals surface area contributed by atoms with Gasteiger partial charge in [0.15, 0.2) is 12.2 Å². The predicted octanol–water partition coefficient (Wildman–Crippen LogP) is 3.34. The third-order valence-electron chi connectivity index (χ3n) is 4.70. The molecule has 1 fully saturated rings. The largest absolute Gasteiger partial charge is 0.450 e. The van der Waals surface area contributed by atoms with Gasteiger partial charge in [-0.15, -0.1) is 0 Å². The van der Waals surface area contributed by atoms with E-state index in [9.17, 15) is 4.79 Å². The molecule has 1 N–H and O–H groups in total. The Bertz CT molecular complexity index is 923. The molecule has 0 spiro atoms. The second-order valence-electron chi connectivity index (χ2n) is 6.23. The van der Waals surface area contributed by atoms with Crippen molar-refractivity contribution < 1.29 is 24.2 Å². The summed E-state index contributed by atoms with van der Waals surface area (Å²) in [6.45, 7) is 2.03. The van der Waals surface area contributed by atoms with Crippen molar-refractivity contribution in [3.8, 4) is 11.8 Å². The number of hydrogen-bond donors (Lipinski definition) is 1. The molecular formula is C22H31NO3. The van der Waals surface area contributed by atoms with Crippen molar-refractivity contribution in [2.45, 2.75) is 51.6 Å². The van der Waals surface area contributed by atoms with Gasteiger partial charge in [0.1, 0.15) is 0 Å². The molecule has 0 heterocycles. The molecule has 0 bridgehead atoms. The van der Waals surface area contributed by atoms with Crippen LogP contribution in [-0.4, -0.2) is 43.6 Å². The lowest BCUT2D eigenvalue weighted by Gasteiger charge is -2.36. The topological polar surface area (TPSA) is 49.8 Å². The average Bonchev–Trinajstić information content (AvgIpc) is 2.83. The Morgan fingerprint density at radius 2 is 2.00 bits per heavy atom. The molecule has 1 aromatic carbocycles. The number of carbonyl (C=O) groups excluding carboxylic acids is 1. The van der Waals surface area contributed by atoms with Gasteiger partial charge in [0.25, 0.3) is 0 Å². The maximum atomic E-state index is 13.4. The second-order valence-corrected chi connectivity index (χ2v) is 6.23. The minimum atomic E-state index is -2.23. The van der Waals surface area contributed by atoms with E-state index in [0.717, 1.165) is 19.3 Å². The molecule has 1 aromatic rings. The minimum absolute atomic E-state index is 0.420. The molecule has 142 valence electrons. The van der Waals surface area contributed by atoms with Gasteiger partial charge in [-0.05, 0) is 31.5 Å². The van der Waals surface area contributed by atoms with Gasteiger partial charge in [0.2, 0.25) is 1.43 Å². The van der Waals surface area contributed by atoms with Gasteiger partial charge >= 0.3 is 5.97 Å². The number of hydrogen-bond acceptors (Lipinski definition) is 4. The zero-order valence-electron chi connectivity index (χ0n) is 23.4. The normalized spacial score (nSPS) is 22.1. The number of ether oxygens (including phenoxy) is 1. The number of carbonyl (C=O) groups is 1. The Labute approximate surface area is 168 Å². The van der Waals surface area contributed by atoms with E-state index < -0.39 is 66.4 Å². The van der Waals surface area contributed by atoms with Crippen LogP contribution in [0.15, 0.2) is 30.2 Å². The number of esters is 1. The summed E-state index contributed by atoms with van der Waals surface area (Å²) in [6.07, 6.45) is 3.27. The molecular weight excluding hydrogens is 326 g/mol. The smallest absolute Gasteiger partial charge is 0.344 e.